The number of carbonyl (C=O) groups is 1. The highest BCUT2D eigenvalue weighted by Crippen LogP contribution is 2.25. The van der Waals surface area contributed by atoms with Crippen molar-refractivity contribution >= 4 is 23.6 Å². The minimum atomic E-state index is -0.724. The Morgan fingerprint density at radius 3 is 2.65 bits per heavy atom. The molecule has 2 aromatic carbocycles. The summed E-state index contributed by atoms with van der Waals surface area (Å²) in [6, 6.07) is 10.5. The fourth-order valence-electron chi connectivity index (χ4n) is 1.97. The van der Waals surface area contributed by atoms with Crippen LogP contribution in [0.4, 0.5) is 0 Å². The highest BCUT2D eigenvalue weighted by Gasteiger charge is 2.13. The summed E-state index contributed by atoms with van der Waals surface area (Å²) in [5, 5.41) is 32.1. The van der Waals surface area contributed by atoms with E-state index < -0.39 is 5.91 Å². The number of ether oxygens (including phenoxy) is 1. The first-order valence-corrected chi connectivity index (χ1v) is 7.58. The van der Waals surface area contributed by atoms with E-state index in [9.17, 15) is 15.1 Å². The quantitative estimate of drug-likeness (QED) is 0.115. The number of aromatic hydroxyl groups is 1. The van der Waals surface area contributed by atoms with Crippen LogP contribution >= 0.6 is 11.6 Å². The molecule has 0 fully saturated rings. The number of nitrogens with two attached hydrogens (primary N) is 1. The van der Waals surface area contributed by atoms with Crippen molar-refractivity contribution in [3.63, 3.8) is 0 Å². The second-order valence-corrected chi connectivity index (χ2v) is 5.47. The number of amides is 1. The lowest BCUT2D eigenvalue weighted by Crippen LogP contribution is -2.33. The van der Waals surface area contributed by atoms with E-state index in [0.717, 1.165) is 0 Å². The van der Waals surface area contributed by atoms with Gasteiger partial charge in [-0.05, 0) is 48.5 Å². The Balaban J connectivity index is 2.27. The number of hydroxylamine groups is 1. The number of hydrogen-bond donors (Lipinski definition) is 4. The van der Waals surface area contributed by atoms with Gasteiger partial charge in [-0.15, -0.1) is 0 Å². The third-order valence-corrected chi connectivity index (χ3v) is 3.43. The molecule has 0 aliphatic heterocycles. The Kier molecular flexibility index (Phi) is 6.36. The Morgan fingerprint density at radius 1 is 1.35 bits per heavy atom. The van der Waals surface area contributed by atoms with E-state index in [-0.39, 0.29) is 34.2 Å². The SMILES string of the molecule is NNC(=O)C(=Cc1cc(Cl)ccc1O)Oc1ccc(C[N+]([O-])=NO)cc1. The lowest BCUT2D eigenvalue weighted by Gasteiger charge is -2.10. The molecule has 0 spiro atoms. The van der Waals surface area contributed by atoms with Crippen LogP contribution in [0.2, 0.25) is 5.02 Å². The number of nitrogens with zero attached hydrogens (tertiary/aromatic N) is 2. The molecular formula is C16H15ClN4O5. The average Bonchev–Trinajstić information content (AvgIpc) is 2.64. The molecule has 1 amide bonds. The third kappa shape index (κ3) is 5.10. The first-order chi connectivity index (χ1) is 12.4. The zero-order valence-electron chi connectivity index (χ0n) is 13.3. The van der Waals surface area contributed by atoms with E-state index in [4.69, 9.17) is 27.4 Å². The molecule has 2 aromatic rings. The molecule has 5 N–H and O–H groups in total. The van der Waals surface area contributed by atoms with Crippen LogP contribution < -0.4 is 16.0 Å². The molecular weight excluding hydrogens is 364 g/mol. The summed E-state index contributed by atoms with van der Waals surface area (Å²) in [5.74, 6) is 4.43. The molecule has 0 aliphatic rings. The molecule has 0 saturated heterocycles. The Labute approximate surface area is 153 Å². The maximum absolute atomic E-state index is 11.9. The minimum absolute atomic E-state index is 0.0982. The first kappa shape index (κ1) is 19.0. The standard InChI is InChI=1S/C16H15ClN4O5/c17-12-3-6-14(22)11(7-12)8-15(16(23)19-18)26-13-4-1-10(2-5-13)9-21(25)20-24/h1-8,22,24H,9,18H2,(H,19,23). The van der Waals surface area contributed by atoms with Crippen molar-refractivity contribution in [3.8, 4) is 11.5 Å². The third-order valence-electron chi connectivity index (χ3n) is 3.20. The topological polar surface area (TPSA) is 143 Å². The molecule has 0 bridgehead atoms. The highest BCUT2D eigenvalue weighted by molar-refractivity contribution is 6.30. The number of hydrazine groups is 1. The Morgan fingerprint density at radius 2 is 2.04 bits per heavy atom. The normalized spacial score (nSPS) is 11.9. The molecule has 0 aromatic heterocycles. The van der Waals surface area contributed by atoms with Gasteiger partial charge in [0.15, 0.2) is 11.0 Å². The summed E-state index contributed by atoms with van der Waals surface area (Å²) in [5.41, 5.74) is 2.77. The minimum Gasteiger partial charge on any atom is -0.597 e. The number of phenolic OH excluding ortho intramolecular Hbond substituents is 1. The van der Waals surface area contributed by atoms with E-state index in [1.54, 1.807) is 12.1 Å². The van der Waals surface area contributed by atoms with Gasteiger partial charge in [0.1, 0.15) is 11.5 Å². The summed E-state index contributed by atoms with van der Waals surface area (Å²) in [4.78, 5) is 12.0. The zero-order chi connectivity index (χ0) is 19.1. The smallest absolute Gasteiger partial charge is 0.300 e. The van der Waals surface area contributed by atoms with E-state index in [1.165, 1.54) is 36.4 Å². The van der Waals surface area contributed by atoms with E-state index in [2.05, 4.69) is 5.28 Å². The maximum Gasteiger partial charge on any atom is 0.300 e. The molecule has 10 heteroatoms. The van der Waals surface area contributed by atoms with Gasteiger partial charge in [0, 0.05) is 16.1 Å². The Hall–Kier alpha value is -3.30. The molecule has 136 valence electrons. The molecule has 26 heavy (non-hydrogen) atoms. The van der Waals surface area contributed by atoms with Gasteiger partial charge in [0.2, 0.25) is 6.54 Å². The second-order valence-electron chi connectivity index (χ2n) is 5.03. The number of halogens is 1. The first-order valence-electron chi connectivity index (χ1n) is 7.20. The largest absolute Gasteiger partial charge is 0.597 e. The van der Waals surface area contributed by atoms with Gasteiger partial charge < -0.3 is 20.3 Å². The lowest BCUT2D eigenvalue weighted by molar-refractivity contribution is -0.570. The molecule has 0 unspecified atom stereocenters. The number of phenols is 1. The monoisotopic (exact) mass is 378 g/mol. The number of hydrogen-bond acceptors (Lipinski definition) is 6. The van der Waals surface area contributed by atoms with E-state index >= 15 is 0 Å². The predicted octanol–water partition coefficient (Wildman–Crippen LogP) is 2.31. The predicted molar refractivity (Wildman–Crippen MR) is 92.0 cm³/mol. The van der Waals surface area contributed by atoms with Gasteiger partial charge in [0.05, 0.1) is 0 Å². The number of carbonyl (C=O) groups excluding carboxylic acids is 1. The molecule has 9 nitrogen and oxygen atoms in total. The van der Waals surface area contributed by atoms with Crippen LogP contribution in [0.3, 0.4) is 0 Å². The van der Waals surface area contributed by atoms with Gasteiger partial charge in [-0.2, -0.15) is 0 Å². The Bertz CT molecular complexity index is 852. The van der Waals surface area contributed by atoms with Gasteiger partial charge >= 0.3 is 5.91 Å². The van der Waals surface area contributed by atoms with E-state index in [0.29, 0.717) is 10.6 Å². The molecule has 0 atom stereocenters. The summed E-state index contributed by atoms with van der Waals surface area (Å²) in [6.07, 6.45) is 1.28. The maximum atomic E-state index is 11.9. The average molecular weight is 379 g/mol. The van der Waals surface area contributed by atoms with Crippen LogP contribution in [0, 0.1) is 5.21 Å². The molecule has 2 rings (SSSR count). The van der Waals surface area contributed by atoms with Crippen molar-refractivity contribution in [1.82, 2.24) is 5.43 Å². The van der Waals surface area contributed by atoms with Crippen LogP contribution in [-0.4, -0.2) is 21.1 Å². The van der Waals surface area contributed by atoms with Crippen molar-refractivity contribution in [1.29, 1.82) is 0 Å². The van der Waals surface area contributed by atoms with Crippen molar-refractivity contribution < 1.29 is 24.7 Å². The van der Waals surface area contributed by atoms with Gasteiger partial charge in [-0.25, -0.2) is 5.84 Å². The number of rotatable bonds is 6. The summed E-state index contributed by atoms with van der Waals surface area (Å²) in [7, 11) is 0. The van der Waals surface area contributed by atoms with Crippen molar-refractivity contribution in [2.75, 3.05) is 0 Å². The zero-order valence-corrected chi connectivity index (χ0v) is 14.1. The second kappa shape index (κ2) is 8.70. The lowest BCUT2D eigenvalue weighted by atomic mass is 10.1. The van der Waals surface area contributed by atoms with Crippen LogP contribution in [0.15, 0.2) is 53.5 Å². The summed E-state index contributed by atoms with van der Waals surface area (Å²) < 4.78 is 5.50. The fraction of sp³-hybridized carbons (Fsp3) is 0.0625. The van der Waals surface area contributed by atoms with Gasteiger partial charge in [-0.3, -0.25) is 10.2 Å². The van der Waals surface area contributed by atoms with Crippen molar-refractivity contribution in [2.24, 2.45) is 11.1 Å². The highest BCUT2D eigenvalue weighted by atomic mass is 35.5. The fourth-order valence-corrected chi connectivity index (χ4v) is 2.15. The van der Waals surface area contributed by atoms with Crippen molar-refractivity contribution in [3.05, 3.63) is 69.6 Å². The van der Waals surface area contributed by atoms with Crippen LogP contribution in [0.25, 0.3) is 6.08 Å². The van der Waals surface area contributed by atoms with Crippen LogP contribution in [0.1, 0.15) is 11.1 Å². The summed E-state index contributed by atoms with van der Waals surface area (Å²) in [6.45, 7) is -0.154. The van der Waals surface area contributed by atoms with E-state index in [1.807, 2.05) is 5.43 Å². The van der Waals surface area contributed by atoms with Gasteiger partial charge in [0.25, 0.3) is 0 Å². The summed E-state index contributed by atoms with van der Waals surface area (Å²) >= 11 is 5.88. The molecule has 0 saturated carbocycles. The number of nitrogens with one attached hydrogen (secondary N) is 1. The molecule has 0 heterocycles. The van der Waals surface area contributed by atoms with Crippen LogP contribution in [-0.2, 0) is 11.3 Å². The number of benzene rings is 2. The van der Waals surface area contributed by atoms with Crippen molar-refractivity contribution in [2.45, 2.75) is 6.54 Å². The molecule has 0 radical (unpaired) electrons. The van der Waals surface area contributed by atoms with Crippen LogP contribution in [0.5, 0.6) is 11.5 Å². The van der Waals surface area contributed by atoms with Gasteiger partial charge in [-0.1, -0.05) is 16.5 Å². The molecule has 0 aliphatic carbocycles.